The molecule has 2 N–H and O–H groups in total. The lowest BCUT2D eigenvalue weighted by molar-refractivity contribution is 0.246. The van der Waals surface area contributed by atoms with E-state index >= 15 is 0 Å². The number of rotatable bonds is 6. The van der Waals surface area contributed by atoms with E-state index in [-0.39, 0.29) is 16.2 Å². The second-order valence-corrected chi connectivity index (χ2v) is 12.2. The summed E-state index contributed by atoms with van der Waals surface area (Å²) in [7, 11) is 0. The summed E-state index contributed by atoms with van der Waals surface area (Å²) in [5, 5.41) is 0. The molecule has 0 saturated heterocycles. The molecular formula is C33H42N2. The van der Waals surface area contributed by atoms with Crippen molar-refractivity contribution in [1.82, 2.24) is 9.97 Å². The number of hydrogen-bond acceptors (Lipinski definition) is 0. The fraction of sp³-hybridized carbons (Fsp3) is 0.515. The molecule has 2 nitrogen and oxygen atoms in total. The van der Waals surface area contributed by atoms with Gasteiger partial charge in [0, 0.05) is 50.9 Å². The summed E-state index contributed by atoms with van der Waals surface area (Å²) in [5.41, 5.74) is 5.90. The second-order valence-electron chi connectivity index (χ2n) is 12.2. The molecular weight excluding hydrogens is 424 g/mol. The molecule has 2 aromatic rings. The predicted octanol–water partition coefficient (Wildman–Crippen LogP) is 8.56. The van der Waals surface area contributed by atoms with E-state index in [1.54, 1.807) is 0 Å². The molecule has 0 aromatic carbocycles. The highest BCUT2D eigenvalue weighted by Crippen LogP contribution is 2.49. The van der Waals surface area contributed by atoms with Gasteiger partial charge in [-0.1, -0.05) is 87.1 Å². The molecule has 2 heteroatoms. The Balaban J connectivity index is 1.32. The quantitative estimate of drug-likeness (QED) is 0.427. The van der Waals surface area contributed by atoms with Crippen molar-refractivity contribution in [2.24, 2.45) is 11.8 Å². The number of hydrogen-bond donors (Lipinski definition) is 2. The van der Waals surface area contributed by atoms with E-state index in [0.717, 1.165) is 0 Å². The first-order valence-corrected chi connectivity index (χ1v) is 14.1. The van der Waals surface area contributed by atoms with Gasteiger partial charge in [-0.25, -0.2) is 0 Å². The Morgan fingerprint density at radius 2 is 0.943 bits per heavy atom. The average molecular weight is 467 g/mol. The lowest BCUT2D eigenvalue weighted by Crippen LogP contribution is -2.36. The zero-order chi connectivity index (χ0) is 23.9. The van der Waals surface area contributed by atoms with Crippen molar-refractivity contribution in [2.45, 2.75) is 94.3 Å². The summed E-state index contributed by atoms with van der Waals surface area (Å²) in [4.78, 5) is 7.97. The maximum atomic E-state index is 3.98. The molecule has 6 rings (SSSR count). The van der Waals surface area contributed by atoms with Crippen molar-refractivity contribution in [3.8, 4) is 0 Å². The van der Waals surface area contributed by atoms with E-state index in [2.05, 4.69) is 96.7 Å². The molecule has 0 spiro atoms. The van der Waals surface area contributed by atoms with Gasteiger partial charge in [0.1, 0.15) is 0 Å². The van der Waals surface area contributed by atoms with E-state index in [4.69, 9.17) is 0 Å². The van der Waals surface area contributed by atoms with Gasteiger partial charge >= 0.3 is 0 Å². The molecule has 0 unspecified atom stereocenters. The van der Waals surface area contributed by atoms with Crippen LogP contribution in [0.4, 0.5) is 0 Å². The third-order valence-electron chi connectivity index (χ3n) is 10.1. The second kappa shape index (κ2) is 8.87. The van der Waals surface area contributed by atoms with Crippen LogP contribution in [0.15, 0.2) is 72.9 Å². The van der Waals surface area contributed by atoms with E-state index in [9.17, 15) is 0 Å². The summed E-state index contributed by atoms with van der Waals surface area (Å²) < 4.78 is 0. The molecule has 4 aliphatic carbocycles. The third-order valence-corrected chi connectivity index (χ3v) is 10.1. The number of H-pyrrole nitrogens is 2. The summed E-state index contributed by atoms with van der Waals surface area (Å²) in [5.74, 6) is 1.04. The van der Waals surface area contributed by atoms with Crippen LogP contribution in [-0.4, -0.2) is 9.97 Å². The lowest BCUT2D eigenvalue weighted by atomic mass is 9.64. The molecule has 0 atom stereocenters. The highest BCUT2D eigenvalue weighted by molar-refractivity contribution is 5.39. The molecule has 2 aromatic heterocycles. The third kappa shape index (κ3) is 3.76. The first kappa shape index (κ1) is 23.0. The van der Waals surface area contributed by atoms with Crippen LogP contribution in [0.1, 0.15) is 101 Å². The maximum Gasteiger partial charge on any atom is 0.0447 e. The highest BCUT2D eigenvalue weighted by Gasteiger charge is 2.43. The summed E-state index contributed by atoms with van der Waals surface area (Å²) in [6.07, 6.45) is 31.9. The number of allylic oxidation sites excluding steroid dienone is 8. The van der Waals surface area contributed by atoms with Crippen LogP contribution in [0.25, 0.3) is 0 Å². The van der Waals surface area contributed by atoms with E-state index in [1.807, 2.05) is 0 Å². The van der Waals surface area contributed by atoms with Crippen LogP contribution >= 0.6 is 0 Å². The zero-order valence-electron chi connectivity index (χ0n) is 21.7. The highest BCUT2D eigenvalue weighted by atomic mass is 14.8. The van der Waals surface area contributed by atoms with Crippen molar-refractivity contribution in [2.75, 3.05) is 0 Å². The van der Waals surface area contributed by atoms with E-state index in [1.165, 1.54) is 87.0 Å². The first-order chi connectivity index (χ1) is 17.0. The Hall–Kier alpha value is -2.48. The van der Waals surface area contributed by atoms with Crippen LogP contribution in [0, 0.1) is 11.8 Å². The van der Waals surface area contributed by atoms with Crippen molar-refractivity contribution in [1.29, 1.82) is 0 Å². The molecule has 4 aliphatic rings. The van der Waals surface area contributed by atoms with Gasteiger partial charge < -0.3 is 9.97 Å². The molecule has 35 heavy (non-hydrogen) atoms. The van der Waals surface area contributed by atoms with E-state index in [0.29, 0.717) is 11.8 Å². The zero-order valence-corrected chi connectivity index (χ0v) is 21.7. The van der Waals surface area contributed by atoms with Crippen molar-refractivity contribution >= 4 is 0 Å². The van der Waals surface area contributed by atoms with Crippen molar-refractivity contribution in [3.05, 3.63) is 95.6 Å². The van der Waals surface area contributed by atoms with Crippen LogP contribution in [0.2, 0.25) is 0 Å². The maximum absolute atomic E-state index is 3.98. The van der Waals surface area contributed by atoms with Gasteiger partial charge in [-0.3, -0.25) is 0 Å². The molecule has 2 heterocycles. The van der Waals surface area contributed by atoms with Gasteiger partial charge in [0.15, 0.2) is 0 Å². The van der Waals surface area contributed by atoms with Gasteiger partial charge in [-0.15, -0.1) is 0 Å². The molecule has 0 bridgehead atoms. The van der Waals surface area contributed by atoms with Gasteiger partial charge in [0.25, 0.3) is 0 Å². The standard InChI is InChI=1S/C33H42N2/c1-31(2,27-17-19-29(34-27)32(21-9-3-10-22-32)25-13-5-6-14-25)28-18-20-30(35-28)33(23-11-4-12-24-33)26-15-7-8-16-26/h5-8,13-20,25-26,34-35H,3-4,9-12,21-24H2,1-2H3. The van der Waals surface area contributed by atoms with Gasteiger partial charge in [-0.05, 0) is 63.8 Å². The average Bonchev–Trinajstić information content (AvgIpc) is 3.72. The summed E-state index contributed by atoms with van der Waals surface area (Å²) in [6.45, 7) is 4.76. The Kier molecular flexibility index (Phi) is 5.82. The lowest BCUT2D eigenvalue weighted by Gasteiger charge is -2.41. The Bertz CT molecular complexity index is 1040. The minimum Gasteiger partial charge on any atom is -0.361 e. The molecule has 0 radical (unpaired) electrons. The molecule has 0 amide bonds. The van der Waals surface area contributed by atoms with Crippen LogP contribution in [0.3, 0.4) is 0 Å². The topological polar surface area (TPSA) is 31.6 Å². The minimum absolute atomic E-state index is 0.0923. The summed E-state index contributed by atoms with van der Waals surface area (Å²) in [6, 6.07) is 9.55. The number of aromatic nitrogens is 2. The number of aromatic amines is 2. The van der Waals surface area contributed by atoms with Crippen LogP contribution in [0.5, 0.6) is 0 Å². The minimum atomic E-state index is -0.0923. The predicted molar refractivity (Wildman–Crippen MR) is 147 cm³/mol. The molecule has 2 fully saturated rings. The van der Waals surface area contributed by atoms with Gasteiger partial charge in [-0.2, -0.15) is 0 Å². The summed E-state index contributed by atoms with van der Waals surface area (Å²) >= 11 is 0. The first-order valence-electron chi connectivity index (χ1n) is 14.1. The van der Waals surface area contributed by atoms with Gasteiger partial charge in [0.05, 0.1) is 0 Å². The van der Waals surface area contributed by atoms with E-state index < -0.39 is 0 Å². The fourth-order valence-corrected chi connectivity index (χ4v) is 7.78. The van der Waals surface area contributed by atoms with Crippen molar-refractivity contribution < 1.29 is 0 Å². The van der Waals surface area contributed by atoms with Crippen LogP contribution < -0.4 is 0 Å². The normalized spacial score (nSPS) is 24.1. The Labute approximate surface area is 211 Å². The Morgan fingerprint density at radius 1 is 0.571 bits per heavy atom. The number of nitrogens with one attached hydrogen (secondary N) is 2. The largest absolute Gasteiger partial charge is 0.361 e. The molecule has 2 saturated carbocycles. The SMILES string of the molecule is CC(C)(c1ccc(C2(C3C=CC=C3)CCCCC2)[nH]1)c1ccc(C2(C3C=CC=C3)CCCCC2)[nH]1. The fourth-order valence-electron chi connectivity index (χ4n) is 7.78. The van der Waals surface area contributed by atoms with Gasteiger partial charge in [0.2, 0.25) is 0 Å². The van der Waals surface area contributed by atoms with Crippen LogP contribution in [-0.2, 0) is 16.2 Å². The van der Waals surface area contributed by atoms with Crippen molar-refractivity contribution in [3.63, 3.8) is 0 Å². The molecule has 0 aliphatic heterocycles. The monoisotopic (exact) mass is 466 g/mol. The smallest absolute Gasteiger partial charge is 0.0447 e. The molecule has 184 valence electrons. The Morgan fingerprint density at radius 3 is 1.31 bits per heavy atom.